The number of rotatable bonds is 13. The molecule has 1 aromatic rings. The number of carbonyl (C=O) groups excluding carboxylic acids is 7. The molecule has 1 N–H and O–H groups in total. The van der Waals surface area contributed by atoms with E-state index in [1.165, 1.54) is 0 Å². The number of carbonyl (C=O) groups is 7. The van der Waals surface area contributed by atoms with Crippen molar-refractivity contribution in [3.63, 3.8) is 0 Å². The molecule has 0 aliphatic carbocycles. The number of hydrogen-bond acceptors (Lipinski definition) is 18. The lowest BCUT2D eigenvalue weighted by Crippen LogP contribution is -2.65. The summed E-state index contributed by atoms with van der Waals surface area (Å²) in [6.45, 7) is 6.58. The van der Waals surface area contributed by atoms with Crippen LogP contribution in [0.5, 0.6) is 0 Å². The number of ether oxygens (including phenoxy) is 10. The van der Waals surface area contributed by atoms with Crippen molar-refractivity contribution in [3.8, 4) is 0 Å². The third-order valence-corrected chi connectivity index (χ3v) is 7.59. The second-order valence-electron chi connectivity index (χ2n) is 11.4. The number of nitrogens with one attached hydrogen (secondary N) is 1. The molecule has 0 radical (unpaired) electrons. The van der Waals surface area contributed by atoms with E-state index in [0.29, 0.717) is 5.69 Å². The van der Waals surface area contributed by atoms with Crippen molar-refractivity contribution in [3.05, 3.63) is 28.7 Å². The summed E-state index contributed by atoms with van der Waals surface area (Å²) < 4.78 is 57.1. The van der Waals surface area contributed by atoms with Gasteiger partial charge in [0.25, 0.3) is 0 Å². The van der Waals surface area contributed by atoms with Gasteiger partial charge in [-0.1, -0.05) is 15.9 Å². The van der Waals surface area contributed by atoms with Crippen molar-refractivity contribution in [1.82, 2.24) is 0 Å². The molecule has 51 heavy (non-hydrogen) atoms. The van der Waals surface area contributed by atoms with Gasteiger partial charge in [-0.3, -0.25) is 33.6 Å². The standard InChI is InChI=1S/C32H40BrNO17/c1-14(35)42-12-24-26(45-16(3)37)28(47-18(5)39)30(49-20(7)41)32(51-24)43-13-23-25(44-15(2)36)27(46-17(4)38)29(48-19(6)40)31(50-23)34-22-10-8-21(33)9-11-22/h8-11,23-32,34H,12-13H2,1-7H3/t23?,24-,25?,26-,27?,28+,29?,30-,31?,32?/m1/s1. The second kappa shape index (κ2) is 18.8. The summed E-state index contributed by atoms with van der Waals surface area (Å²) in [7, 11) is 0. The van der Waals surface area contributed by atoms with E-state index in [9.17, 15) is 33.6 Å². The number of esters is 7. The fraction of sp³-hybridized carbons (Fsp3) is 0.594. The van der Waals surface area contributed by atoms with Crippen molar-refractivity contribution < 1.29 is 80.9 Å². The predicted octanol–water partition coefficient (Wildman–Crippen LogP) is 1.48. The van der Waals surface area contributed by atoms with Gasteiger partial charge in [0.1, 0.15) is 18.8 Å². The molecule has 10 atom stereocenters. The van der Waals surface area contributed by atoms with Gasteiger partial charge in [-0.25, -0.2) is 0 Å². The van der Waals surface area contributed by atoms with Crippen LogP contribution in [0.25, 0.3) is 0 Å². The first-order chi connectivity index (χ1) is 23.9. The predicted molar refractivity (Wildman–Crippen MR) is 171 cm³/mol. The molecule has 18 nitrogen and oxygen atoms in total. The lowest BCUT2D eigenvalue weighted by molar-refractivity contribution is -0.318. The summed E-state index contributed by atoms with van der Waals surface area (Å²) >= 11 is 3.35. The highest BCUT2D eigenvalue weighted by Gasteiger charge is 2.55. The monoisotopic (exact) mass is 789 g/mol. The van der Waals surface area contributed by atoms with Crippen LogP contribution < -0.4 is 5.32 Å². The quantitative estimate of drug-likeness (QED) is 0.221. The van der Waals surface area contributed by atoms with Crippen molar-refractivity contribution in [2.24, 2.45) is 0 Å². The van der Waals surface area contributed by atoms with E-state index >= 15 is 0 Å². The summed E-state index contributed by atoms with van der Waals surface area (Å²) in [5.41, 5.74) is 0.493. The fourth-order valence-corrected chi connectivity index (χ4v) is 5.63. The highest BCUT2D eigenvalue weighted by atomic mass is 79.9. The van der Waals surface area contributed by atoms with Crippen molar-refractivity contribution in [2.75, 3.05) is 18.5 Å². The molecule has 2 aliphatic rings. The van der Waals surface area contributed by atoms with Gasteiger partial charge < -0.3 is 52.7 Å². The van der Waals surface area contributed by atoms with Gasteiger partial charge in [0.15, 0.2) is 49.1 Å². The molecule has 3 rings (SSSR count). The third kappa shape index (κ3) is 12.4. The van der Waals surface area contributed by atoms with Crippen LogP contribution in [0.15, 0.2) is 28.7 Å². The number of hydrogen-bond donors (Lipinski definition) is 1. The largest absolute Gasteiger partial charge is 0.463 e. The Balaban J connectivity index is 2.06. The number of halogens is 1. The van der Waals surface area contributed by atoms with Gasteiger partial charge in [-0.15, -0.1) is 0 Å². The Morgan fingerprint density at radius 2 is 0.961 bits per heavy atom. The molecule has 6 unspecified atom stereocenters. The van der Waals surface area contributed by atoms with Gasteiger partial charge >= 0.3 is 41.8 Å². The van der Waals surface area contributed by atoms with Crippen LogP contribution in [0.3, 0.4) is 0 Å². The van der Waals surface area contributed by atoms with Gasteiger partial charge in [-0.05, 0) is 24.3 Å². The molecule has 2 aliphatic heterocycles. The second-order valence-corrected chi connectivity index (χ2v) is 12.3. The summed E-state index contributed by atoms with van der Waals surface area (Å²) in [6, 6.07) is 6.81. The fourth-order valence-electron chi connectivity index (χ4n) is 5.37. The van der Waals surface area contributed by atoms with Crippen LogP contribution in [0, 0.1) is 0 Å². The minimum Gasteiger partial charge on any atom is -0.463 e. The van der Waals surface area contributed by atoms with Crippen LogP contribution in [0.1, 0.15) is 48.5 Å². The molecule has 0 bridgehead atoms. The molecule has 0 amide bonds. The summed E-state index contributed by atoms with van der Waals surface area (Å²) in [5.74, 6) is -5.65. The molecule has 2 saturated heterocycles. The zero-order valence-electron chi connectivity index (χ0n) is 28.8. The molecule has 2 heterocycles. The molecule has 282 valence electrons. The summed E-state index contributed by atoms with van der Waals surface area (Å²) in [5, 5.41) is 3.07. The molecule has 0 aromatic heterocycles. The normalized spacial score (nSPS) is 28.6. The van der Waals surface area contributed by atoms with Gasteiger partial charge in [0, 0.05) is 58.6 Å². The third-order valence-electron chi connectivity index (χ3n) is 7.07. The highest BCUT2D eigenvalue weighted by Crippen LogP contribution is 2.33. The van der Waals surface area contributed by atoms with Crippen molar-refractivity contribution in [1.29, 1.82) is 0 Å². The van der Waals surface area contributed by atoms with E-state index in [1.807, 2.05) is 0 Å². The molecular formula is C32H40BrNO17. The van der Waals surface area contributed by atoms with E-state index in [-0.39, 0.29) is 0 Å². The first-order valence-corrected chi connectivity index (χ1v) is 16.4. The zero-order valence-corrected chi connectivity index (χ0v) is 30.4. The van der Waals surface area contributed by atoms with E-state index in [4.69, 9.17) is 47.4 Å². The molecular weight excluding hydrogens is 750 g/mol. The Morgan fingerprint density at radius 1 is 0.549 bits per heavy atom. The van der Waals surface area contributed by atoms with E-state index in [1.54, 1.807) is 24.3 Å². The van der Waals surface area contributed by atoms with Crippen LogP contribution in [-0.2, 0) is 80.9 Å². The Labute approximate surface area is 301 Å². The lowest BCUT2D eigenvalue weighted by Gasteiger charge is -2.46. The van der Waals surface area contributed by atoms with Crippen LogP contribution in [-0.4, -0.2) is 116 Å². The molecule has 0 spiro atoms. The maximum Gasteiger partial charge on any atom is 0.303 e. The van der Waals surface area contributed by atoms with Gasteiger partial charge in [0.05, 0.1) is 6.61 Å². The van der Waals surface area contributed by atoms with Gasteiger partial charge in [-0.2, -0.15) is 0 Å². The van der Waals surface area contributed by atoms with E-state index < -0.39 is 116 Å². The van der Waals surface area contributed by atoms with Crippen molar-refractivity contribution in [2.45, 2.75) is 110 Å². The molecule has 19 heteroatoms. The van der Waals surface area contributed by atoms with E-state index in [0.717, 1.165) is 52.9 Å². The smallest absolute Gasteiger partial charge is 0.303 e. The maximum absolute atomic E-state index is 12.3. The summed E-state index contributed by atoms with van der Waals surface area (Å²) in [4.78, 5) is 85.2. The first kappa shape index (κ1) is 41.1. The average Bonchev–Trinajstić information content (AvgIpc) is 3.00. The maximum atomic E-state index is 12.3. The Kier molecular flexibility index (Phi) is 15.1. The zero-order chi connectivity index (χ0) is 38.0. The molecule has 1 aromatic carbocycles. The topological polar surface area (TPSA) is 224 Å². The summed E-state index contributed by atoms with van der Waals surface area (Å²) in [6.07, 6.45) is -14.3. The van der Waals surface area contributed by atoms with Crippen LogP contribution >= 0.6 is 15.9 Å². The van der Waals surface area contributed by atoms with E-state index in [2.05, 4.69) is 21.2 Å². The number of anilines is 1. The lowest BCUT2D eigenvalue weighted by atomic mass is 9.96. The van der Waals surface area contributed by atoms with Crippen LogP contribution in [0.4, 0.5) is 5.69 Å². The highest BCUT2D eigenvalue weighted by molar-refractivity contribution is 9.10. The Morgan fingerprint density at radius 3 is 1.43 bits per heavy atom. The minimum atomic E-state index is -1.62. The first-order valence-electron chi connectivity index (χ1n) is 15.6. The van der Waals surface area contributed by atoms with Crippen molar-refractivity contribution >= 4 is 63.4 Å². The SMILES string of the molecule is CC(=O)OC[C@H]1OC(OCC2OC(Nc3ccc(Br)cc3)C(OC(C)=O)C(OC(C)=O)C2OC(C)=O)[C@H](OC(C)=O)[C@@H](OC(C)=O)[C@@H]1OC(C)=O. The Hall–Kier alpha value is -4.33. The number of benzene rings is 1. The molecule has 2 fully saturated rings. The van der Waals surface area contributed by atoms with Gasteiger partial charge in [0.2, 0.25) is 0 Å². The molecule has 0 saturated carbocycles. The van der Waals surface area contributed by atoms with Crippen LogP contribution in [0.2, 0.25) is 0 Å². The average molecular weight is 791 g/mol. The minimum absolute atomic E-state index is 0.493. The Bertz CT molecular complexity index is 1440.